The van der Waals surface area contributed by atoms with E-state index in [1.54, 1.807) is 26.4 Å². The third-order valence-electron chi connectivity index (χ3n) is 2.70. The highest BCUT2D eigenvalue weighted by Gasteiger charge is 2.16. The van der Waals surface area contributed by atoms with E-state index in [-0.39, 0.29) is 6.42 Å². The first kappa shape index (κ1) is 14.9. The Morgan fingerprint density at radius 2 is 1.74 bits per heavy atom. The molecule has 0 saturated carbocycles. The van der Waals surface area contributed by atoms with Crippen molar-refractivity contribution in [2.24, 2.45) is 0 Å². The molecule has 0 heterocycles. The molecule has 0 radical (unpaired) electrons. The second kappa shape index (κ2) is 6.13. The number of rotatable bonds is 6. The van der Waals surface area contributed by atoms with E-state index in [2.05, 4.69) is 6.58 Å². The maximum atomic E-state index is 10.7. The zero-order valence-electron chi connectivity index (χ0n) is 11.7. The minimum absolute atomic E-state index is 0.117. The zero-order valence-corrected chi connectivity index (χ0v) is 11.7. The molecule has 0 aromatic heterocycles. The SMILES string of the molecule is C=C(CC(=O)O)c1cc(OC)c(N(C)C)c(OC)c1. The Hall–Kier alpha value is -2.17. The summed E-state index contributed by atoms with van der Waals surface area (Å²) in [5, 5.41) is 8.81. The lowest BCUT2D eigenvalue weighted by Crippen LogP contribution is -2.12. The summed E-state index contributed by atoms with van der Waals surface area (Å²) < 4.78 is 10.7. The minimum atomic E-state index is -0.917. The van der Waals surface area contributed by atoms with Crippen molar-refractivity contribution in [2.45, 2.75) is 6.42 Å². The number of methoxy groups -OCH3 is 2. The van der Waals surface area contributed by atoms with Gasteiger partial charge in [0, 0.05) is 14.1 Å². The zero-order chi connectivity index (χ0) is 14.6. The van der Waals surface area contributed by atoms with Gasteiger partial charge >= 0.3 is 5.97 Å². The first-order chi connectivity index (χ1) is 8.90. The second-order valence-corrected chi connectivity index (χ2v) is 4.30. The smallest absolute Gasteiger partial charge is 0.307 e. The summed E-state index contributed by atoms with van der Waals surface area (Å²) in [7, 11) is 6.88. The van der Waals surface area contributed by atoms with Gasteiger partial charge in [-0.15, -0.1) is 0 Å². The summed E-state index contributed by atoms with van der Waals surface area (Å²) >= 11 is 0. The van der Waals surface area contributed by atoms with Crippen LogP contribution in [0.3, 0.4) is 0 Å². The van der Waals surface area contributed by atoms with Gasteiger partial charge in [-0.05, 0) is 23.3 Å². The Labute approximate surface area is 113 Å². The molecule has 0 aliphatic heterocycles. The molecule has 0 saturated heterocycles. The van der Waals surface area contributed by atoms with Crippen molar-refractivity contribution < 1.29 is 19.4 Å². The van der Waals surface area contributed by atoms with Crippen molar-refractivity contribution >= 4 is 17.2 Å². The first-order valence-electron chi connectivity index (χ1n) is 5.74. The number of carboxylic acids is 1. The first-order valence-corrected chi connectivity index (χ1v) is 5.74. The number of anilines is 1. The van der Waals surface area contributed by atoms with Crippen LogP contribution in [0.15, 0.2) is 18.7 Å². The van der Waals surface area contributed by atoms with Crippen molar-refractivity contribution in [2.75, 3.05) is 33.2 Å². The molecule has 104 valence electrons. The summed E-state index contributed by atoms with van der Waals surface area (Å²) in [5.41, 5.74) is 2.01. The number of hydrogen-bond donors (Lipinski definition) is 1. The van der Waals surface area contributed by atoms with Crippen LogP contribution in [0, 0.1) is 0 Å². The summed E-state index contributed by atoms with van der Waals surface area (Å²) in [4.78, 5) is 12.6. The van der Waals surface area contributed by atoms with E-state index >= 15 is 0 Å². The van der Waals surface area contributed by atoms with Crippen molar-refractivity contribution in [3.8, 4) is 11.5 Å². The predicted octanol–water partition coefficient (Wildman–Crippen LogP) is 2.26. The molecule has 1 aromatic rings. The summed E-state index contributed by atoms with van der Waals surface area (Å²) in [6.07, 6.45) is -0.117. The molecule has 0 fully saturated rings. The van der Waals surface area contributed by atoms with Crippen molar-refractivity contribution in [1.29, 1.82) is 0 Å². The monoisotopic (exact) mass is 265 g/mol. The quantitative estimate of drug-likeness (QED) is 0.855. The molecule has 0 amide bonds. The number of hydrogen-bond acceptors (Lipinski definition) is 4. The van der Waals surface area contributed by atoms with E-state index in [9.17, 15) is 4.79 Å². The number of aliphatic carboxylic acids is 1. The number of carboxylic acid groups (broad SMARTS) is 1. The molecule has 0 unspecified atom stereocenters. The van der Waals surface area contributed by atoms with E-state index in [0.717, 1.165) is 5.69 Å². The minimum Gasteiger partial charge on any atom is -0.494 e. The Kier molecular flexibility index (Phi) is 4.80. The molecule has 1 rings (SSSR count). The van der Waals surface area contributed by atoms with Crippen LogP contribution >= 0.6 is 0 Å². The standard InChI is InChI=1S/C14H19NO4/c1-9(6-13(16)17)10-7-11(18-4)14(15(2)3)12(8-10)19-5/h7-8H,1,6H2,2-5H3,(H,16,17). The highest BCUT2D eigenvalue weighted by molar-refractivity contribution is 5.85. The van der Waals surface area contributed by atoms with Crippen LogP contribution in [0.4, 0.5) is 5.69 Å². The third kappa shape index (κ3) is 3.40. The van der Waals surface area contributed by atoms with Crippen LogP contribution in [0.5, 0.6) is 11.5 Å². The average Bonchev–Trinajstić information content (AvgIpc) is 2.35. The van der Waals surface area contributed by atoms with Crippen LogP contribution in [-0.2, 0) is 4.79 Å². The molecule has 19 heavy (non-hydrogen) atoms. The molecule has 0 spiro atoms. The van der Waals surface area contributed by atoms with Crippen LogP contribution in [0.2, 0.25) is 0 Å². The molecule has 0 bridgehead atoms. The van der Waals surface area contributed by atoms with Gasteiger partial charge in [-0.25, -0.2) is 0 Å². The maximum absolute atomic E-state index is 10.7. The molecule has 1 N–H and O–H groups in total. The molecule has 5 nitrogen and oxygen atoms in total. The Morgan fingerprint density at radius 3 is 2.05 bits per heavy atom. The maximum Gasteiger partial charge on any atom is 0.307 e. The topological polar surface area (TPSA) is 59.0 Å². The fourth-order valence-corrected chi connectivity index (χ4v) is 1.82. The van der Waals surface area contributed by atoms with E-state index in [1.165, 1.54) is 0 Å². The Balaban J connectivity index is 3.30. The number of benzene rings is 1. The van der Waals surface area contributed by atoms with Gasteiger partial charge in [-0.3, -0.25) is 4.79 Å². The van der Waals surface area contributed by atoms with E-state index in [1.807, 2.05) is 19.0 Å². The fourth-order valence-electron chi connectivity index (χ4n) is 1.82. The second-order valence-electron chi connectivity index (χ2n) is 4.30. The van der Waals surface area contributed by atoms with Crippen molar-refractivity contribution in [3.05, 3.63) is 24.3 Å². The average molecular weight is 265 g/mol. The lowest BCUT2D eigenvalue weighted by Gasteiger charge is -2.21. The Morgan fingerprint density at radius 1 is 1.26 bits per heavy atom. The van der Waals surface area contributed by atoms with Crippen LogP contribution in [0.25, 0.3) is 5.57 Å². The fraction of sp³-hybridized carbons (Fsp3) is 0.357. The molecular formula is C14H19NO4. The van der Waals surface area contributed by atoms with Crippen LogP contribution < -0.4 is 14.4 Å². The van der Waals surface area contributed by atoms with Gasteiger partial charge < -0.3 is 19.5 Å². The summed E-state index contributed by atoms with van der Waals surface area (Å²) in [6.45, 7) is 3.78. The van der Waals surface area contributed by atoms with E-state index < -0.39 is 5.97 Å². The Bertz CT molecular complexity index is 469. The van der Waals surface area contributed by atoms with Crippen LogP contribution in [0.1, 0.15) is 12.0 Å². The van der Waals surface area contributed by atoms with E-state index in [4.69, 9.17) is 14.6 Å². The van der Waals surface area contributed by atoms with Gasteiger partial charge in [0.2, 0.25) is 0 Å². The van der Waals surface area contributed by atoms with Gasteiger partial charge in [0.05, 0.1) is 20.6 Å². The predicted molar refractivity (Wildman–Crippen MR) is 75.2 cm³/mol. The summed E-state index contributed by atoms with van der Waals surface area (Å²) in [6, 6.07) is 3.53. The normalized spacial score (nSPS) is 9.89. The van der Waals surface area contributed by atoms with E-state index in [0.29, 0.717) is 22.6 Å². The molecule has 0 atom stereocenters. The summed E-state index contributed by atoms with van der Waals surface area (Å²) in [5.74, 6) is 0.316. The molecule has 0 aliphatic rings. The van der Waals surface area contributed by atoms with Crippen molar-refractivity contribution in [3.63, 3.8) is 0 Å². The molecular weight excluding hydrogens is 246 g/mol. The number of carbonyl (C=O) groups is 1. The molecule has 0 aliphatic carbocycles. The highest BCUT2D eigenvalue weighted by atomic mass is 16.5. The third-order valence-corrected chi connectivity index (χ3v) is 2.70. The highest BCUT2D eigenvalue weighted by Crippen LogP contribution is 2.39. The molecule has 5 heteroatoms. The lowest BCUT2D eigenvalue weighted by atomic mass is 10.0. The van der Waals surface area contributed by atoms with Gasteiger partial charge in [0.1, 0.15) is 17.2 Å². The number of nitrogens with zero attached hydrogens (tertiary/aromatic N) is 1. The molecule has 1 aromatic carbocycles. The van der Waals surface area contributed by atoms with Gasteiger partial charge in [-0.2, -0.15) is 0 Å². The van der Waals surface area contributed by atoms with Gasteiger partial charge in [-0.1, -0.05) is 6.58 Å². The van der Waals surface area contributed by atoms with Gasteiger partial charge in [0.15, 0.2) is 0 Å². The number of ether oxygens (including phenoxy) is 2. The van der Waals surface area contributed by atoms with Gasteiger partial charge in [0.25, 0.3) is 0 Å². The van der Waals surface area contributed by atoms with Crippen molar-refractivity contribution in [1.82, 2.24) is 0 Å². The largest absolute Gasteiger partial charge is 0.494 e. The van der Waals surface area contributed by atoms with Crippen LogP contribution in [-0.4, -0.2) is 39.4 Å². The lowest BCUT2D eigenvalue weighted by molar-refractivity contribution is -0.135.